The first kappa shape index (κ1) is 19.4. The van der Waals surface area contributed by atoms with Crippen molar-refractivity contribution in [1.82, 2.24) is 15.1 Å². The smallest absolute Gasteiger partial charge is 0.260 e. The van der Waals surface area contributed by atoms with Crippen LogP contribution in [0.25, 0.3) is 10.9 Å². The molecule has 0 aliphatic carbocycles. The van der Waals surface area contributed by atoms with Crippen LogP contribution in [0.2, 0.25) is 0 Å². The first-order valence-electron chi connectivity index (χ1n) is 10.4. The third-order valence-electron chi connectivity index (χ3n) is 5.51. The van der Waals surface area contributed by atoms with Crippen LogP contribution in [0.1, 0.15) is 17.5 Å². The van der Waals surface area contributed by atoms with Crippen molar-refractivity contribution in [2.75, 3.05) is 32.9 Å². The molecule has 1 N–H and O–H groups in total. The zero-order chi connectivity index (χ0) is 21.0. The molecule has 8 heteroatoms. The number of ether oxygens (including phenoxy) is 2. The largest absolute Gasteiger partial charge is 0.484 e. The number of H-pyrrole nitrogens is 1. The molecule has 1 amide bonds. The van der Waals surface area contributed by atoms with Crippen LogP contribution in [-0.2, 0) is 16.0 Å². The van der Waals surface area contributed by atoms with Crippen molar-refractivity contribution in [2.45, 2.75) is 12.8 Å². The van der Waals surface area contributed by atoms with Gasteiger partial charge in [0, 0.05) is 31.3 Å². The summed E-state index contributed by atoms with van der Waals surface area (Å²) in [5, 5.41) is 16.9. The molecule has 0 spiro atoms. The third kappa shape index (κ3) is 4.49. The summed E-state index contributed by atoms with van der Waals surface area (Å²) in [4.78, 5) is 14.0. The number of aromatic nitrogens is 2. The lowest BCUT2D eigenvalue weighted by molar-refractivity contribution is -0.137. The Bertz CT molecular complexity index is 1140. The number of nitrogens with one attached hydrogen (secondary N) is 1. The number of carbonyl (C=O) groups excluding carboxylic acids is 1. The summed E-state index contributed by atoms with van der Waals surface area (Å²) in [7, 11) is 0. The van der Waals surface area contributed by atoms with Crippen molar-refractivity contribution in [3.8, 4) is 5.75 Å². The minimum absolute atomic E-state index is 0.0146. The minimum Gasteiger partial charge on any atom is -0.484 e. The number of rotatable bonds is 6. The summed E-state index contributed by atoms with van der Waals surface area (Å²) < 4.78 is 10.9. The van der Waals surface area contributed by atoms with E-state index in [1.165, 1.54) is 5.56 Å². The Morgan fingerprint density at radius 3 is 2.77 bits per heavy atom. The maximum Gasteiger partial charge on any atom is 0.260 e. The Balaban J connectivity index is 1.14. The highest BCUT2D eigenvalue weighted by Gasteiger charge is 2.18. The molecule has 1 saturated heterocycles. The van der Waals surface area contributed by atoms with Gasteiger partial charge >= 0.3 is 0 Å². The van der Waals surface area contributed by atoms with E-state index in [1.54, 1.807) is 4.90 Å². The average Bonchev–Trinajstić information content (AvgIpc) is 3.48. The Hall–Kier alpha value is -3.52. The van der Waals surface area contributed by atoms with Crippen LogP contribution in [0.5, 0.6) is 5.75 Å². The van der Waals surface area contributed by atoms with E-state index in [9.17, 15) is 4.79 Å². The molecule has 1 aromatic heterocycles. The lowest BCUT2D eigenvalue weighted by atomic mass is 10.0. The van der Waals surface area contributed by atoms with Crippen molar-refractivity contribution >= 4 is 28.2 Å². The molecule has 3 aromatic rings. The molecule has 2 aliphatic rings. The van der Waals surface area contributed by atoms with Crippen LogP contribution in [0.3, 0.4) is 0 Å². The molecule has 2 aliphatic heterocycles. The molecule has 0 bridgehead atoms. The van der Waals surface area contributed by atoms with Gasteiger partial charge in [0.25, 0.3) is 5.91 Å². The number of hydrogen-bond donors (Lipinski definition) is 1. The van der Waals surface area contributed by atoms with Gasteiger partial charge in [0.2, 0.25) is 0 Å². The summed E-state index contributed by atoms with van der Waals surface area (Å²) in [6.07, 6.45) is 3.31. The second-order valence-corrected chi connectivity index (χ2v) is 7.66. The second kappa shape index (κ2) is 8.69. The van der Waals surface area contributed by atoms with E-state index in [1.807, 2.05) is 36.5 Å². The van der Waals surface area contributed by atoms with Crippen LogP contribution >= 0.6 is 0 Å². The maximum absolute atomic E-state index is 12.2. The SMILES string of the molecule is O=C(COc1ccc(C2=NN=C(Cc3ccc4[nH]ncc4c3)C2)cc1)N1CCOCC1. The highest BCUT2D eigenvalue weighted by atomic mass is 16.5. The molecule has 5 rings (SSSR count). The van der Waals surface area contributed by atoms with Crippen LogP contribution < -0.4 is 4.74 Å². The Labute approximate surface area is 179 Å². The predicted octanol–water partition coefficient (Wildman–Crippen LogP) is 2.59. The number of amides is 1. The Kier molecular flexibility index (Phi) is 5.45. The van der Waals surface area contributed by atoms with Gasteiger partial charge in [-0.05, 0) is 47.5 Å². The van der Waals surface area contributed by atoms with Gasteiger partial charge in [-0.3, -0.25) is 9.89 Å². The fourth-order valence-corrected chi connectivity index (χ4v) is 3.78. The van der Waals surface area contributed by atoms with Crippen molar-refractivity contribution < 1.29 is 14.3 Å². The molecule has 3 heterocycles. The van der Waals surface area contributed by atoms with Crippen LogP contribution in [0.4, 0.5) is 0 Å². The van der Waals surface area contributed by atoms with Gasteiger partial charge in [-0.1, -0.05) is 6.07 Å². The van der Waals surface area contributed by atoms with Crippen LogP contribution in [0.15, 0.2) is 58.9 Å². The summed E-state index contributed by atoms with van der Waals surface area (Å²) in [5.74, 6) is 0.651. The molecule has 31 heavy (non-hydrogen) atoms. The predicted molar refractivity (Wildman–Crippen MR) is 118 cm³/mol. The van der Waals surface area contributed by atoms with Crippen LogP contribution in [0, 0.1) is 0 Å². The number of hydrogen-bond acceptors (Lipinski definition) is 6. The number of aromatic amines is 1. The molecular weight excluding hydrogens is 394 g/mol. The monoisotopic (exact) mass is 417 g/mol. The first-order valence-corrected chi connectivity index (χ1v) is 10.4. The van der Waals surface area contributed by atoms with Crippen molar-refractivity contribution in [3.63, 3.8) is 0 Å². The summed E-state index contributed by atoms with van der Waals surface area (Å²) in [6, 6.07) is 13.9. The summed E-state index contributed by atoms with van der Waals surface area (Å²) in [6.45, 7) is 2.46. The number of benzene rings is 2. The first-order chi connectivity index (χ1) is 15.2. The van der Waals surface area contributed by atoms with Gasteiger partial charge in [0.05, 0.1) is 36.4 Å². The van der Waals surface area contributed by atoms with E-state index < -0.39 is 0 Å². The maximum atomic E-state index is 12.2. The third-order valence-corrected chi connectivity index (χ3v) is 5.51. The number of carbonyl (C=O) groups is 1. The standard InChI is InChI=1S/C23H23N5O3/c29-23(28-7-9-30-10-8-28)15-31-20-4-2-17(3-5-20)22-13-19(25-27-22)12-16-1-6-21-18(11-16)14-24-26-21/h1-6,11,14H,7-10,12-13,15H2,(H,24,26). The molecule has 2 aromatic carbocycles. The van der Waals surface area contributed by atoms with Gasteiger partial charge in [0.15, 0.2) is 6.61 Å². The Morgan fingerprint density at radius 1 is 1.10 bits per heavy atom. The molecule has 0 saturated carbocycles. The highest BCUT2D eigenvalue weighted by Crippen LogP contribution is 2.20. The fraction of sp³-hybridized carbons (Fsp3) is 0.304. The summed E-state index contributed by atoms with van der Waals surface area (Å²) in [5.41, 5.74) is 5.21. The van der Waals surface area contributed by atoms with Gasteiger partial charge in [-0.2, -0.15) is 15.3 Å². The van der Waals surface area contributed by atoms with Gasteiger partial charge in [0.1, 0.15) is 5.75 Å². The van der Waals surface area contributed by atoms with E-state index in [-0.39, 0.29) is 12.5 Å². The number of nitrogens with zero attached hydrogens (tertiary/aromatic N) is 4. The average molecular weight is 417 g/mol. The lowest BCUT2D eigenvalue weighted by Crippen LogP contribution is -2.42. The molecule has 0 radical (unpaired) electrons. The van der Waals surface area contributed by atoms with E-state index in [4.69, 9.17) is 9.47 Å². The normalized spacial score (nSPS) is 16.3. The molecule has 0 unspecified atom stereocenters. The zero-order valence-electron chi connectivity index (χ0n) is 17.1. The summed E-state index contributed by atoms with van der Waals surface area (Å²) >= 11 is 0. The van der Waals surface area contributed by atoms with Crippen molar-refractivity contribution in [1.29, 1.82) is 0 Å². The van der Waals surface area contributed by atoms with E-state index in [0.717, 1.165) is 40.7 Å². The quantitative estimate of drug-likeness (QED) is 0.667. The van der Waals surface area contributed by atoms with Gasteiger partial charge in [-0.15, -0.1) is 0 Å². The van der Waals surface area contributed by atoms with Crippen LogP contribution in [-0.4, -0.2) is 65.3 Å². The number of morpholine rings is 1. The second-order valence-electron chi connectivity index (χ2n) is 7.66. The molecular formula is C23H23N5O3. The highest BCUT2D eigenvalue weighted by molar-refractivity contribution is 6.15. The van der Waals surface area contributed by atoms with Gasteiger partial charge < -0.3 is 14.4 Å². The fourth-order valence-electron chi connectivity index (χ4n) is 3.78. The Morgan fingerprint density at radius 2 is 1.94 bits per heavy atom. The van der Waals surface area contributed by atoms with E-state index in [2.05, 4.69) is 32.5 Å². The molecule has 1 fully saturated rings. The van der Waals surface area contributed by atoms with E-state index in [0.29, 0.717) is 32.1 Å². The lowest BCUT2D eigenvalue weighted by Gasteiger charge is -2.26. The van der Waals surface area contributed by atoms with Crippen molar-refractivity contribution in [2.24, 2.45) is 10.2 Å². The van der Waals surface area contributed by atoms with Gasteiger partial charge in [-0.25, -0.2) is 0 Å². The molecule has 158 valence electrons. The molecule has 0 atom stereocenters. The molecule has 8 nitrogen and oxygen atoms in total. The minimum atomic E-state index is -0.0146. The number of fused-ring (bicyclic) bond motifs is 1. The van der Waals surface area contributed by atoms with Crippen molar-refractivity contribution in [3.05, 3.63) is 59.8 Å². The van der Waals surface area contributed by atoms with E-state index >= 15 is 0 Å². The topological polar surface area (TPSA) is 92.2 Å². The zero-order valence-corrected chi connectivity index (χ0v) is 17.1.